The molecule has 1 N–H and O–H groups in total. The zero-order chi connectivity index (χ0) is 15.2. The number of aryl methyl sites for hydroxylation is 1. The van der Waals surface area contributed by atoms with Gasteiger partial charge in [-0.05, 0) is 48.9 Å². The van der Waals surface area contributed by atoms with Gasteiger partial charge in [0.25, 0.3) is 5.69 Å². The molecule has 0 spiro atoms. The lowest BCUT2D eigenvalue weighted by Crippen LogP contribution is -2.23. The van der Waals surface area contributed by atoms with Crippen molar-refractivity contribution in [2.24, 2.45) is 0 Å². The van der Waals surface area contributed by atoms with Crippen LogP contribution in [-0.2, 0) is 6.42 Å². The lowest BCUT2D eigenvalue weighted by atomic mass is 10.0. The number of rotatable bonds is 7. The lowest BCUT2D eigenvalue weighted by molar-refractivity contribution is -0.384. The van der Waals surface area contributed by atoms with Crippen molar-refractivity contribution in [3.63, 3.8) is 0 Å². The van der Waals surface area contributed by atoms with Gasteiger partial charge in [-0.1, -0.05) is 19.1 Å². The van der Waals surface area contributed by atoms with E-state index in [0.29, 0.717) is 0 Å². The van der Waals surface area contributed by atoms with Crippen LogP contribution in [0.1, 0.15) is 35.4 Å². The van der Waals surface area contributed by atoms with E-state index < -0.39 is 0 Å². The summed E-state index contributed by atoms with van der Waals surface area (Å²) in [5, 5.41) is 16.4. The van der Waals surface area contributed by atoms with Gasteiger partial charge in [0.15, 0.2) is 0 Å². The molecule has 1 aromatic carbocycles. The second-order valence-corrected chi connectivity index (χ2v) is 6.05. The highest BCUT2D eigenvalue weighted by molar-refractivity contribution is 7.10. The minimum Gasteiger partial charge on any atom is -0.309 e. The quantitative estimate of drug-likeness (QED) is 0.614. The van der Waals surface area contributed by atoms with E-state index >= 15 is 0 Å². The number of nitro benzene ring substituents is 1. The Kier molecular flexibility index (Phi) is 5.47. The standard InChI is InChI=1S/C16H20N2O2S/c1-3-9-17-15(16-12(2)8-10-21-16)11-13-4-6-14(7-5-13)18(19)20/h4-8,10,15,17H,3,9,11H2,1-2H3. The van der Waals surface area contributed by atoms with Crippen molar-refractivity contribution in [3.05, 3.63) is 61.8 Å². The number of non-ortho nitro benzene ring substituents is 1. The third-order valence-electron chi connectivity index (χ3n) is 3.45. The Labute approximate surface area is 129 Å². The van der Waals surface area contributed by atoms with Gasteiger partial charge < -0.3 is 5.32 Å². The van der Waals surface area contributed by atoms with Gasteiger partial charge in [0.2, 0.25) is 0 Å². The zero-order valence-electron chi connectivity index (χ0n) is 12.3. The first-order chi connectivity index (χ1) is 10.1. The summed E-state index contributed by atoms with van der Waals surface area (Å²) >= 11 is 1.76. The number of benzene rings is 1. The molecule has 1 heterocycles. The number of nitrogens with one attached hydrogen (secondary N) is 1. The minimum atomic E-state index is -0.361. The highest BCUT2D eigenvalue weighted by Gasteiger charge is 2.15. The van der Waals surface area contributed by atoms with E-state index in [1.54, 1.807) is 23.5 Å². The smallest absolute Gasteiger partial charge is 0.269 e. The summed E-state index contributed by atoms with van der Waals surface area (Å²) in [6.45, 7) is 5.24. The summed E-state index contributed by atoms with van der Waals surface area (Å²) in [5.41, 5.74) is 2.56. The predicted octanol–water partition coefficient (Wildman–Crippen LogP) is 4.25. The molecule has 0 bridgehead atoms. The van der Waals surface area contributed by atoms with Gasteiger partial charge in [-0.2, -0.15) is 0 Å². The summed E-state index contributed by atoms with van der Waals surface area (Å²) in [7, 11) is 0. The van der Waals surface area contributed by atoms with E-state index in [4.69, 9.17) is 0 Å². The van der Waals surface area contributed by atoms with Crippen LogP contribution in [0.3, 0.4) is 0 Å². The largest absolute Gasteiger partial charge is 0.309 e. The Morgan fingerprint density at radius 3 is 2.52 bits per heavy atom. The number of hydrogen-bond donors (Lipinski definition) is 1. The van der Waals surface area contributed by atoms with E-state index in [1.165, 1.54) is 10.4 Å². The maximum Gasteiger partial charge on any atom is 0.269 e. The monoisotopic (exact) mass is 304 g/mol. The van der Waals surface area contributed by atoms with Crippen molar-refractivity contribution >= 4 is 17.0 Å². The zero-order valence-corrected chi connectivity index (χ0v) is 13.2. The van der Waals surface area contributed by atoms with Crippen LogP contribution in [0, 0.1) is 17.0 Å². The van der Waals surface area contributed by atoms with Crippen LogP contribution >= 0.6 is 11.3 Å². The highest BCUT2D eigenvalue weighted by Crippen LogP contribution is 2.27. The van der Waals surface area contributed by atoms with Crippen LogP contribution in [0.2, 0.25) is 0 Å². The van der Waals surface area contributed by atoms with E-state index in [9.17, 15) is 10.1 Å². The first-order valence-electron chi connectivity index (χ1n) is 7.12. The molecule has 0 aliphatic rings. The molecule has 2 aromatic rings. The maximum absolute atomic E-state index is 10.7. The van der Waals surface area contributed by atoms with E-state index in [2.05, 4.69) is 30.6 Å². The molecule has 1 atom stereocenters. The molecule has 0 radical (unpaired) electrons. The molecular weight excluding hydrogens is 284 g/mol. The molecule has 21 heavy (non-hydrogen) atoms. The first-order valence-corrected chi connectivity index (χ1v) is 8.00. The molecule has 0 aliphatic carbocycles. The molecule has 0 fully saturated rings. The fraction of sp³-hybridized carbons (Fsp3) is 0.375. The molecule has 0 amide bonds. The average molecular weight is 304 g/mol. The fourth-order valence-electron chi connectivity index (χ4n) is 2.31. The average Bonchev–Trinajstić information content (AvgIpc) is 2.90. The number of nitro groups is 1. The van der Waals surface area contributed by atoms with Crippen LogP contribution in [0.25, 0.3) is 0 Å². The van der Waals surface area contributed by atoms with Gasteiger partial charge in [0.05, 0.1) is 4.92 Å². The highest BCUT2D eigenvalue weighted by atomic mass is 32.1. The van der Waals surface area contributed by atoms with Gasteiger partial charge >= 0.3 is 0 Å². The normalized spacial score (nSPS) is 12.3. The lowest BCUT2D eigenvalue weighted by Gasteiger charge is -2.18. The van der Waals surface area contributed by atoms with Crippen molar-refractivity contribution in [2.45, 2.75) is 32.7 Å². The number of thiophene rings is 1. The molecule has 1 aromatic heterocycles. The molecular formula is C16H20N2O2S. The summed E-state index contributed by atoms with van der Waals surface area (Å²) in [4.78, 5) is 11.7. The van der Waals surface area contributed by atoms with Crippen LogP contribution in [0.15, 0.2) is 35.7 Å². The molecule has 4 nitrogen and oxygen atoms in total. The molecule has 0 saturated carbocycles. The Morgan fingerprint density at radius 2 is 2.00 bits per heavy atom. The van der Waals surface area contributed by atoms with Gasteiger partial charge in [0, 0.05) is 23.1 Å². The van der Waals surface area contributed by atoms with Crippen molar-refractivity contribution in [1.82, 2.24) is 5.32 Å². The van der Waals surface area contributed by atoms with E-state index in [1.807, 2.05) is 12.1 Å². The van der Waals surface area contributed by atoms with E-state index in [0.717, 1.165) is 24.9 Å². The summed E-state index contributed by atoms with van der Waals surface area (Å²) in [6, 6.07) is 9.26. The number of nitrogens with zero attached hydrogens (tertiary/aromatic N) is 1. The first kappa shape index (κ1) is 15.7. The van der Waals surface area contributed by atoms with Gasteiger partial charge in [0.1, 0.15) is 0 Å². The molecule has 0 aliphatic heterocycles. The maximum atomic E-state index is 10.7. The third-order valence-corrected chi connectivity index (χ3v) is 4.58. The molecule has 1 unspecified atom stereocenters. The van der Waals surface area contributed by atoms with Crippen molar-refractivity contribution in [1.29, 1.82) is 0 Å². The van der Waals surface area contributed by atoms with Crippen LogP contribution in [0.4, 0.5) is 5.69 Å². The topological polar surface area (TPSA) is 55.2 Å². The summed E-state index contributed by atoms with van der Waals surface area (Å²) < 4.78 is 0. The van der Waals surface area contributed by atoms with Crippen LogP contribution in [0.5, 0.6) is 0 Å². The van der Waals surface area contributed by atoms with Crippen molar-refractivity contribution in [3.8, 4) is 0 Å². The van der Waals surface area contributed by atoms with Gasteiger partial charge in [-0.25, -0.2) is 0 Å². The third kappa shape index (κ3) is 4.12. The Bertz CT molecular complexity index is 593. The van der Waals surface area contributed by atoms with Crippen molar-refractivity contribution < 1.29 is 4.92 Å². The minimum absolute atomic E-state index is 0.143. The summed E-state index contributed by atoms with van der Waals surface area (Å²) in [5.74, 6) is 0. The van der Waals surface area contributed by atoms with Crippen molar-refractivity contribution in [2.75, 3.05) is 6.54 Å². The summed E-state index contributed by atoms with van der Waals surface area (Å²) in [6.07, 6.45) is 1.93. The molecule has 112 valence electrons. The second kappa shape index (κ2) is 7.33. The van der Waals surface area contributed by atoms with E-state index in [-0.39, 0.29) is 16.7 Å². The van der Waals surface area contributed by atoms with Gasteiger partial charge in [-0.15, -0.1) is 11.3 Å². The number of hydrogen-bond acceptors (Lipinski definition) is 4. The molecule has 5 heteroatoms. The Hall–Kier alpha value is -1.72. The second-order valence-electron chi connectivity index (χ2n) is 5.10. The van der Waals surface area contributed by atoms with Crippen LogP contribution in [-0.4, -0.2) is 11.5 Å². The van der Waals surface area contributed by atoms with Gasteiger partial charge in [-0.3, -0.25) is 10.1 Å². The Balaban J connectivity index is 2.14. The fourth-order valence-corrected chi connectivity index (χ4v) is 3.31. The SMILES string of the molecule is CCCNC(Cc1ccc([N+](=O)[O-])cc1)c1sccc1C. The predicted molar refractivity (Wildman–Crippen MR) is 86.9 cm³/mol. The molecule has 2 rings (SSSR count). The van der Waals surface area contributed by atoms with Crippen LogP contribution < -0.4 is 5.32 Å². The molecule has 0 saturated heterocycles. The Morgan fingerprint density at radius 1 is 1.29 bits per heavy atom.